The van der Waals surface area contributed by atoms with Gasteiger partial charge in [-0.2, -0.15) is 0 Å². The first-order valence-electron chi connectivity index (χ1n) is 8.01. The molecule has 2 rings (SSSR count). The van der Waals surface area contributed by atoms with Crippen molar-refractivity contribution >= 4 is 23.6 Å². The van der Waals surface area contributed by atoms with Crippen LogP contribution in [0.4, 0.5) is 9.18 Å². The number of carbonyl (C=O) groups excluding carboxylic acids is 2. The third kappa shape index (κ3) is 5.46. The molecular weight excluding hydrogens is 359 g/mol. The van der Waals surface area contributed by atoms with Gasteiger partial charge >= 0.3 is 12.0 Å². The summed E-state index contributed by atoms with van der Waals surface area (Å²) >= 11 is 6.17. The second-order valence-corrected chi connectivity index (χ2v) is 6.17. The van der Waals surface area contributed by atoms with Crippen LogP contribution in [0, 0.1) is 12.7 Å². The largest absolute Gasteiger partial charge is 0.469 e. The Morgan fingerprint density at radius 1 is 1.23 bits per heavy atom. The molecule has 2 amide bonds. The lowest BCUT2D eigenvalue weighted by atomic mass is 10.0. The van der Waals surface area contributed by atoms with Crippen molar-refractivity contribution < 1.29 is 18.7 Å². The fourth-order valence-corrected chi connectivity index (χ4v) is 2.65. The molecule has 0 fully saturated rings. The van der Waals surface area contributed by atoms with Crippen molar-refractivity contribution in [2.24, 2.45) is 0 Å². The van der Waals surface area contributed by atoms with Gasteiger partial charge in [-0.25, -0.2) is 9.18 Å². The Morgan fingerprint density at radius 2 is 1.96 bits per heavy atom. The van der Waals surface area contributed by atoms with Gasteiger partial charge in [-0.1, -0.05) is 41.9 Å². The molecular formula is C19H20ClFN2O3. The van der Waals surface area contributed by atoms with Crippen molar-refractivity contribution in [3.05, 3.63) is 70.0 Å². The second-order valence-electron chi connectivity index (χ2n) is 5.76. The van der Waals surface area contributed by atoms with E-state index in [4.69, 9.17) is 11.6 Å². The highest BCUT2D eigenvalue weighted by Gasteiger charge is 2.21. The maximum absolute atomic E-state index is 13.6. The molecule has 1 unspecified atom stereocenters. The molecule has 138 valence electrons. The third-order valence-corrected chi connectivity index (χ3v) is 4.22. The highest BCUT2D eigenvalue weighted by atomic mass is 35.5. The van der Waals surface area contributed by atoms with Gasteiger partial charge in [0.2, 0.25) is 0 Å². The normalized spacial score (nSPS) is 11.5. The molecule has 2 aromatic rings. The molecule has 7 heteroatoms. The van der Waals surface area contributed by atoms with Crippen LogP contribution >= 0.6 is 11.6 Å². The van der Waals surface area contributed by atoms with Crippen molar-refractivity contribution in [2.45, 2.75) is 25.9 Å². The minimum Gasteiger partial charge on any atom is -0.469 e. The molecule has 2 N–H and O–H groups in total. The topological polar surface area (TPSA) is 67.4 Å². The van der Waals surface area contributed by atoms with Gasteiger partial charge in [-0.3, -0.25) is 4.79 Å². The van der Waals surface area contributed by atoms with Crippen LogP contribution < -0.4 is 10.6 Å². The maximum Gasteiger partial charge on any atom is 0.315 e. The Balaban J connectivity index is 2.04. The van der Waals surface area contributed by atoms with Crippen molar-refractivity contribution in [1.82, 2.24) is 10.6 Å². The minimum atomic E-state index is -0.647. The summed E-state index contributed by atoms with van der Waals surface area (Å²) in [5.74, 6) is -0.805. The molecule has 0 aromatic heterocycles. The summed E-state index contributed by atoms with van der Waals surface area (Å²) in [5.41, 5.74) is 1.77. The first kappa shape index (κ1) is 19.7. The molecule has 0 radical (unpaired) electrons. The lowest BCUT2D eigenvalue weighted by Crippen LogP contribution is -2.38. The number of nitrogens with one attached hydrogen (secondary N) is 2. The molecule has 0 heterocycles. The Bertz CT molecular complexity index is 798. The van der Waals surface area contributed by atoms with Gasteiger partial charge in [-0.15, -0.1) is 0 Å². The average Bonchev–Trinajstić information content (AvgIpc) is 2.62. The van der Waals surface area contributed by atoms with E-state index in [9.17, 15) is 14.0 Å². The maximum atomic E-state index is 13.6. The first-order chi connectivity index (χ1) is 12.4. The van der Waals surface area contributed by atoms with Gasteiger partial charge in [-0.05, 0) is 35.7 Å². The number of hydrogen-bond donors (Lipinski definition) is 2. The van der Waals surface area contributed by atoms with Crippen LogP contribution in [-0.2, 0) is 16.1 Å². The molecule has 0 saturated heterocycles. The molecule has 1 atom stereocenters. The molecule has 0 spiro atoms. The van der Waals surface area contributed by atoms with Crippen molar-refractivity contribution in [3.63, 3.8) is 0 Å². The van der Waals surface area contributed by atoms with Crippen molar-refractivity contribution in [1.29, 1.82) is 0 Å². The van der Waals surface area contributed by atoms with E-state index in [2.05, 4.69) is 15.4 Å². The van der Waals surface area contributed by atoms with E-state index in [-0.39, 0.29) is 18.8 Å². The highest BCUT2D eigenvalue weighted by molar-refractivity contribution is 6.31. The molecule has 5 nitrogen and oxygen atoms in total. The van der Waals surface area contributed by atoms with Gasteiger partial charge < -0.3 is 15.4 Å². The van der Waals surface area contributed by atoms with Crippen LogP contribution in [0.15, 0.2) is 42.5 Å². The standard InChI is InChI=1S/C19H20ClFN2O3/c1-12-7-8-13(9-16(12)21)11-22-19(25)23-17(10-18(24)26-2)14-5-3-4-6-15(14)20/h3-9,17H,10-11H2,1-2H3,(H2,22,23,25). The Labute approximate surface area is 156 Å². The van der Waals surface area contributed by atoms with E-state index in [0.717, 1.165) is 0 Å². The Morgan fingerprint density at radius 3 is 2.62 bits per heavy atom. The van der Waals surface area contributed by atoms with E-state index in [1.165, 1.54) is 13.2 Å². The summed E-state index contributed by atoms with van der Waals surface area (Å²) in [6.45, 7) is 1.82. The summed E-state index contributed by atoms with van der Waals surface area (Å²) in [6, 6.07) is 10.5. The number of hydrogen-bond acceptors (Lipinski definition) is 3. The SMILES string of the molecule is COC(=O)CC(NC(=O)NCc1ccc(C)c(F)c1)c1ccccc1Cl. The fourth-order valence-electron chi connectivity index (χ4n) is 2.38. The Kier molecular flexibility index (Phi) is 6.97. The van der Waals surface area contributed by atoms with E-state index in [1.54, 1.807) is 43.3 Å². The number of rotatable bonds is 6. The van der Waals surface area contributed by atoms with E-state index in [0.29, 0.717) is 21.7 Å². The van der Waals surface area contributed by atoms with Crippen LogP contribution in [-0.4, -0.2) is 19.1 Å². The molecule has 0 aliphatic carbocycles. The van der Waals surface area contributed by atoms with Crippen LogP contribution in [0.25, 0.3) is 0 Å². The molecule has 2 aromatic carbocycles. The summed E-state index contributed by atoms with van der Waals surface area (Å²) in [7, 11) is 1.28. The fraction of sp³-hybridized carbons (Fsp3) is 0.263. The number of urea groups is 1. The van der Waals surface area contributed by atoms with Crippen molar-refractivity contribution in [3.8, 4) is 0 Å². The number of aryl methyl sites for hydroxylation is 1. The number of methoxy groups -OCH3 is 1. The molecule has 0 aliphatic heterocycles. The van der Waals surface area contributed by atoms with Crippen LogP contribution in [0.2, 0.25) is 5.02 Å². The van der Waals surface area contributed by atoms with Crippen LogP contribution in [0.5, 0.6) is 0 Å². The van der Waals surface area contributed by atoms with E-state index < -0.39 is 18.0 Å². The number of ether oxygens (including phenoxy) is 1. The van der Waals surface area contributed by atoms with Gasteiger partial charge in [0, 0.05) is 11.6 Å². The number of carbonyl (C=O) groups is 2. The second kappa shape index (κ2) is 9.20. The van der Waals surface area contributed by atoms with Gasteiger partial charge in [0.25, 0.3) is 0 Å². The van der Waals surface area contributed by atoms with Crippen LogP contribution in [0.3, 0.4) is 0 Å². The number of benzene rings is 2. The zero-order valence-corrected chi connectivity index (χ0v) is 15.3. The number of halogens is 2. The van der Waals surface area contributed by atoms with Crippen molar-refractivity contribution in [2.75, 3.05) is 7.11 Å². The number of amides is 2. The third-order valence-electron chi connectivity index (χ3n) is 3.87. The van der Waals surface area contributed by atoms with Gasteiger partial charge in [0.15, 0.2) is 0 Å². The zero-order valence-electron chi connectivity index (χ0n) is 14.5. The highest BCUT2D eigenvalue weighted by Crippen LogP contribution is 2.25. The van der Waals surface area contributed by atoms with Gasteiger partial charge in [0.1, 0.15) is 5.82 Å². The predicted molar refractivity (Wildman–Crippen MR) is 97.3 cm³/mol. The smallest absolute Gasteiger partial charge is 0.315 e. The molecule has 26 heavy (non-hydrogen) atoms. The summed E-state index contributed by atoms with van der Waals surface area (Å²) in [5, 5.41) is 5.78. The predicted octanol–water partition coefficient (Wildman–Crippen LogP) is 3.89. The summed E-state index contributed by atoms with van der Waals surface area (Å²) in [4.78, 5) is 23.9. The van der Waals surface area contributed by atoms with E-state index >= 15 is 0 Å². The summed E-state index contributed by atoms with van der Waals surface area (Å²) < 4.78 is 18.2. The molecule has 0 aliphatic rings. The van der Waals surface area contributed by atoms with Crippen LogP contribution in [0.1, 0.15) is 29.2 Å². The van der Waals surface area contributed by atoms with Gasteiger partial charge in [0.05, 0.1) is 19.6 Å². The molecule has 0 bridgehead atoms. The summed E-state index contributed by atoms with van der Waals surface area (Å²) in [6.07, 6.45) is -0.0627. The number of esters is 1. The Hall–Kier alpha value is -2.60. The minimum absolute atomic E-state index is 0.0627. The van der Waals surface area contributed by atoms with E-state index in [1.807, 2.05) is 0 Å². The monoisotopic (exact) mass is 378 g/mol. The lowest BCUT2D eigenvalue weighted by Gasteiger charge is -2.19. The lowest BCUT2D eigenvalue weighted by molar-refractivity contribution is -0.141. The quantitative estimate of drug-likeness (QED) is 0.749. The average molecular weight is 379 g/mol. The first-order valence-corrected chi connectivity index (χ1v) is 8.39. The zero-order chi connectivity index (χ0) is 19.1. The molecule has 0 saturated carbocycles.